The Bertz CT molecular complexity index is 1040. The molecule has 158 valence electrons. The minimum atomic E-state index is 0. The van der Waals surface area contributed by atoms with Crippen LogP contribution in [-0.2, 0) is 0 Å². The van der Waals surface area contributed by atoms with Crippen molar-refractivity contribution in [3.63, 3.8) is 0 Å². The zero-order valence-corrected chi connectivity index (χ0v) is 18.5. The fraction of sp³-hybridized carbons (Fsp3) is 0.0690. The Morgan fingerprint density at radius 1 is 0.500 bits per heavy atom. The first kappa shape index (κ1) is 21.6. The van der Waals surface area contributed by atoms with E-state index in [4.69, 9.17) is 0 Å². The molecule has 0 aliphatic rings. The zero-order valence-electron chi connectivity index (χ0n) is 17.7. The van der Waals surface area contributed by atoms with Crippen LogP contribution in [-0.4, -0.2) is 4.57 Å². The summed E-state index contributed by atoms with van der Waals surface area (Å²) in [5.41, 5.74) is 5.08. The van der Waals surface area contributed by atoms with E-state index in [0.29, 0.717) is 0 Å². The minimum Gasteiger partial charge on any atom is -1.00 e. The SMILES string of the molecule is [Cl-].c1ccc(C(c2ccccc2)n2cc[n+](C(c3ccccc3)c3ccccc3)c2)cc1. The van der Waals surface area contributed by atoms with Gasteiger partial charge in [0, 0.05) is 22.3 Å². The third-order valence-electron chi connectivity index (χ3n) is 5.74. The van der Waals surface area contributed by atoms with Gasteiger partial charge in [-0.1, -0.05) is 121 Å². The molecular weight excluding hydrogens is 412 g/mol. The molecule has 0 N–H and O–H groups in total. The van der Waals surface area contributed by atoms with Crippen LogP contribution >= 0.6 is 0 Å². The topological polar surface area (TPSA) is 8.81 Å². The van der Waals surface area contributed by atoms with Crippen LogP contribution in [0.2, 0.25) is 0 Å². The molecule has 1 heterocycles. The molecule has 0 spiro atoms. The molecule has 0 bridgehead atoms. The van der Waals surface area contributed by atoms with Crippen LogP contribution in [0.5, 0.6) is 0 Å². The van der Waals surface area contributed by atoms with E-state index in [-0.39, 0.29) is 24.5 Å². The van der Waals surface area contributed by atoms with Gasteiger partial charge in [-0.25, -0.2) is 9.13 Å². The molecule has 3 heteroatoms. The van der Waals surface area contributed by atoms with Crippen LogP contribution in [0.15, 0.2) is 140 Å². The van der Waals surface area contributed by atoms with E-state index >= 15 is 0 Å². The highest BCUT2D eigenvalue weighted by atomic mass is 35.5. The first-order chi connectivity index (χ1) is 15.4. The third kappa shape index (κ3) is 4.51. The van der Waals surface area contributed by atoms with Crippen molar-refractivity contribution < 1.29 is 17.0 Å². The van der Waals surface area contributed by atoms with Crippen LogP contribution < -0.4 is 17.0 Å². The van der Waals surface area contributed by atoms with E-state index in [1.807, 2.05) is 0 Å². The first-order valence-electron chi connectivity index (χ1n) is 10.7. The van der Waals surface area contributed by atoms with Gasteiger partial charge in [-0.15, -0.1) is 0 Å². The van der Waals surface area contributed by atoms with Crippen molar-refractivity contribution in [1.29, 1.82) is 0 Å². The van der Waals surface area contributed by atoms with E-state index in [1.54, 1.807) is 0 Å². The maximum Gasteiger partial charge on any atom is 0.245 e. The molecule has 0 amide bonds. The molecule has 0 saturated carbocycles. The molecule has 0 aliphatic heterocycles. The monoisotopic (exact) mass is 436 g/mol. The van der Waals surface area contributed by atoms with E-state index in [0.717, 1.165) is 0 Å². The first-order valence-corrected chi connectivity index (χ1v) is 10.7. The van der Waals surface area contributed by atoms with Gasteiger partial charge >= 0.3 is 0 Å². The molecule has 0 fully saturated rings. The maximum atomic E-state index is 2.31. The highest BCUT2D eigenvalue weighted by Crippen LogP contribution is 2.27. The number of nitrogens with zero attached hydrogens (tertiary/aromatic N) is 2. The van der Waals surface area contributed by atoms with Crippen LogP contribution in [0.3, 0.4) is 0 Å². The van der Waals surface area contributed by atoms with Crippen molar-refractivity contribution in [2.75, 3.05) is 0 Å². The maximum absolute atomic E-state index is 2.31. The highest BCUT2D eigenvalue weighted by Gasteiger charge is 2.25. The van der Waals surface area contributed by atoms with Crippen molar-refractivity contribution in [2.24, 2.45) is 0 Å². The summed E-state index contributed by atoms with van der Waals surface area (Å²) in [6.45, 7) is 0. The number of imidazole rings is 1. The number of benzene rings is 4. The summed E-state index contributed by atoms with van der Waals surface area (Å²) in [4.78, 5) is 0. The summed E-state index contributed by atoms with van der Waals surface area (Å²) in [5.74, 6) is 0. The Balaban J connectivity index is 0.00000245. The predicted molar refractivity (Wildman–Crippen MR) is 125 cm³/mol. The van der Waals surface area contributed by atoms with Crippen LogP contribution in [0.4, 0.5) is 0 Å². The van der Waals surface area contributed by atoms with Gasteiger partial charge in [0.2, 0.25) is 6.33 Å². The summed E-state index contributed by atoms with van der Waals surface area (Å²) >= 11 is 0. The second kappa shape index (κ2) is 10.1. The molecule has 2 nitrogen and oxygen atoms in total. The van der Waals surface area contributed by atoms with Gasteiger partial charge in [-0.3, -0.25) is 0 Å². The predicted octanol–water partition coefficient (Wildman–Crippen LogP) is 3.06. The Labute approximate surface area is 195 Å². The lowest BCUT2D eigenvalue weighted by Gasteiger charge is -2.17. The van der Waals surface area contributed by atoms with E-state index in [1.165, 1.54) is 22.3 Å². The summed E-state index contributed by atoms with van der Waals surface area (Å²) < 4.78 is 4.62. The van der Waals surface area contributed by atoms with Gasteiger partial charge in [0.15, 0.2) is 12.1 Å². The second-order valence-electron chi connectivity index (χ2n) is 7.76. The van der Waals surface area contributed by atoms with Crippen molar-refractivity contribution in [1.82, 2.24) is 4.57 Å². The average Bonchev–Trinajstić information content (AvgIpc) is 3.31. The highest BCUT2D eigenvalue weighted by molar-refractivity contribution is 5.33. The molecule has 0 saturated heterocycles. The van der Waals surface area contributed by atoms with E-state index < -0.39 is 0 Å². The van der Waals surface area contributed by atoms with Crippen LogP contribution in [0.1, 0.15) is 34.3 Å². The Morgan fingerprint density at radius 2 is 0.875 bits per heavy atom. The molecule has 0 aliphatic carbocycles. The van der Waals surface area contributed by atoms with Crippen LogP contribution in [0.25, 0.3) is 0 Å². The van der Waals surface area contributed by atoms with Gasteiger partial charge in [-0.05, 0) is 0 Å². The number of hydrogen-bond acceptors (Lipinski definition) is 0. The standard InChI is InChI=1S/C29H25N2.ClH/c1-5-13-24(14-6-1)28(25-15-7-2-8-16-25)30-21-22-31(23-30)29(26-17-9-3-10-18-26)27-19-11-4-12-20-27;/h1-23,28-29H;1H/q+1;/p-1. The van der Waals surface area contributed by atoms with Gasteiger partial charge in [-0.2, -0.15) is 0 Å². The molecule has 0 unspecified atom stereocenters. The van der Waals surface area contributed by atoms with E-state index in [2.05, 4.69) is 149 Å². The zero-order chi connectivity index (χ0) is 20.9. The van der Waals surface area contributed by atoms with E-state index in [9.17, 15) is 0 Å². The molecule has 0 radical (unpaired) electrons. The Kier molecular flexibility index (Phi) is 6.84. The summed E-state index contributed by atoms with van der Waals surface area (Å²) in [6.07, 6.45) is 6.60. The Morgan fingerprint density at radius 3 is 1.28 bits per heavy atom. The largest absolute Gasteiger partial charge is 1.00 e. The third-order valence-corrected chi connectivity index (χ3v) is 5.74. The fourth-order valence-corrected chi connectivity index (χ4v) is 4.31. The fourth-order valence-electron chi connectivity index (χ4n) is 4.31. The van der Waals surface area contributed by atoms with Gasteiger partial charge in [0.05, 0.1) is 0 Å². The summed E-state index contributed by atoms with van der Waals surface area (Å²) in [5, 5.41) is 0. The lowest BCUT2D eigenvalue weighted by atomic mass is 9.98. The molecule has 0 atom stereocenters. The second-order valence-corrected chi connectivity index (χ2v) is 7.76. The number of hydrogen-bond donors (Lipinski definition) is 0. The quantitative estimate of drug-likeness (QED) is 0.362. The lowest BCUT2D eigenvalue weighted by Crippen LogP contribution is -3.00. The summed E-state index contributed by atoms with van der Waals surface area (Å²) in [7, 11) is 0. The minimum absolute atomic E-state index is 0. The molecule has 32 heavy (non-hydrogen) atoms. The molecule has 4 aromatic carbocycles. The van der Waals surface area contributed by atoms with Crippen molar-refractivity contribution in [2.45, 2.75) is 12.1 Å². The number of aromatic nitrogens is 2. The lowest BCUT2D eigenvalue weighted by molar-refractivity contribution is -0.704. The normalized spacial score (nSPS) is 10.8. The van der Waals surface area contributed by atoms with Crippen LogP contribution in [0, 0.1) is 0 Å². The molecular formula is C29H25ClN2. The van der Waals surface area contributed by atoms with Gasteiger partial charge in [0.25, 0.3) is 0 Å². The molecule has 5 aromatic rings. The smallest absolute Gasteiger partial charge is 0.245 e. The summed E-state index contributed by atoms with van der Waals surface area (Å²) in [6, 6.07) is 43.0. The van der Waals surface area contributed by atoms with Crippen molar-refractivity contribution in [3.05, 3.63) is 162 Å². The molecule has 5 rings (SSSR count). The van der Waals surface area contributed by atoms with Crippen molar-refractivity contribution >= 4 is 0 Å². The van der Waals surface area contributed by atoms with Gasteiger partial charge in [0.1, 0.15) is 12.4 Å². The Hall–Kier alpha value is -3.62. The molecule has 1 aromatic heterocycles. The van der Waals surface area contributed by atoms with Crippen molar-refractivity contribution in [3.8, 4) is 0 Å². The number of rotatable bonds is 6. The average molecular weight is 437 g/mol. The van der Waals surface area contributed by atoms with Gasteiger partial charge < -0.3 is 12.4 Å². The number of halogens is 1.